The third kappa shape index (κ3) is 5.00. The van der Waals surface area contributed by atoms with E-state index in [0.717, 1.165) is 24.9 Å². The van der Waals surface area contributed by atoms with Crippen LogP contribution in [0.2, 0.25) is 0 Å². The molecule has 2 rings (SSSR count). The van der Waals surface area contributed by atoms with Crippen LogP contribution in [0.3, 0.4) is 0 Å². The van der Waals surface area contributed by atoms with Crippen LogP contribution in [0.15, 0.2) is 0 Å². The highest BCUT2D eigenvalue weighted by atomic mass is 16.2. The van der Waals surface area contributed by atoms with Gasteiger partial charge in [0, 0.05) is 19.6 Å². The van der Waals surface area contributed by atoms with Crippen molar-refractivity contribution >= 4 is 5.91 Å². The fourth-order valence-corrected chi connectivity index (χ4v) is 3.65. The van der Waals surface area contributed by atoms with Crippen LogP contribution in [0.25, 0.3) is 0 Å². The molecule has 1 amide bonds. The Balaban J connectivity index is 1.66. The van der Waals surface area contributed by atoms with E-state index in [1.54, 1.807) is 11.8 Å². The molecule has 0 unspecified atom stereocenters. The van der Waals surface area contributed by atoms with Gasteiger partial charge in [0.2, 0.25) is 0 Å². The Morgan fingerprint density at radius 1 is 1.14 bits per heavy atom. The van der Waals surface area contributed by atoms with Crippen molar-refractivity contribution in [3.8, 4) is 11.8 Å². The molecule has 0 radical (unpaired) electrons. The van der Waals surface area contributed by atoms with Gasteiger partial charge in [0.15, 0.2) is 0 Å². The first-order valence-corrected chi connectivity index (χ1v) is 8.70. The molecule has 2 saturated heterocycles. The van der Waals surface area contributed by atoms with Crippen LogP contribution in [0, 0.1) is 17.8 Å². The van der Waals surface area contributed by atoms with Gasteiger partial charge in [0.1, 0.15) is 0 Å². The summed E-state index contributed by atoms with van der Waals surface area (Å²) in [6, 6.07) is 0.807. The summed E-state index contributed by atoms with van der Waals surface area (Å²) in [7, 11) is 4.09. The quantitative estimate of drug-likeness (QED) is 0.739. The highest BCUT2D eigenvalue weighted by Gasteiger charge is 2.27. The van der Waals surface area contributed by atoms with E-state index < -0.39 is 0 Å². The molecule has 2 fully saturated rings. The summed E-state index contributed by atoms with van der Waals surface area (Å²) >= 11 is 0. The van der Waals surface area contributed by atoms with E-state index in [2.05, 4.69) is 28.7 Å². The largest absolute Gasteiger partial charge is 0.335 e. The Labute approximate surface area is 135 Å². The molecule has 22 heavy (non-hydrogen) atoms. The second-order valence-electron chi connectivity index (χ2n) is 6.90. The minimum atomic E-state index is -0.0498. The molecular weight excluding hydrogens is 274 g/mol. The maximum atomic E-state index is 11.6. The topological polar surface area (TPSA) is 26.8 Å². The van der Waals surface area contributed by atoms with Gasteiger partial charge in [0.25, 0.3) is 5.91 Å². The Morgan fingerprint density at radius 3 is 2.36 bits per heavy atom. The van der Waals surface area contributed by atoms with Crippen molar-refractivity contribution in [2.45, 2.75) is 45.1 Å². The average molecular weight is 305 g/mol. The van der Waals surface area contributed by atoms with E-state index in [-0.39, 0.29) is 5.91 Å². The highest BCUT2D eigenvalue weighted by molar-refractivity contribution is 5.93. The average Bonchev–Trinajstić information content (AvgIpc) is 2.54. The number of amides is 1. The van der Waals surface area contributed by atoms with Gasteiger partial charge in [0.05, 0.1) is 0 Å². The summed E-state index contributed by atoms with van der Waals surface area (Å²) in [5.41, 5.74) is 0. The predicted molar refractivity (Wildman–Crippen MR) is 90.5 cm³/mol. The van der Waals surface area contributed by atoms with Crippen LogP contribution in [0.1, 0.15) is 39.0 Å². The molecule has 0 aromatic rings. The standard InChI is InChI=1S/C18H31N3O/c1-4-5-18(22)20(3)13-6-16-7-14-21(15-8-16)17-9-11-19(2)12-10-17/h16-17H,6-15H2,1-3H3. The number of carbonyl (C=O) groups excluding carboxylic acids is 1. The lowest BCUT2D eigenvalue weighted by molar-refractivity contribution is -0.124. The van der Waals surface area contributed by atoms with E-state index >= 15 is 0 Å². The molecule has 0 spiro atoms. The number of rotatable bonds is 4. The van der Waals surface area contributed by atoms with Gasteiger partial charge in [-0.3, -0.25) is 4.79 Å². The van der Waals surface area contributed by atoms with Crippen LogP contribution >= 0.6 is 0 Å². The van der Waals surface area contributed by atoms with Gasteiger partial charge in [-0.05, 0) is 84.1 Å². The molecule has 0 saturated carbocycles. The first kappa shape index (κ1) is 17.3. The van der Waals surface area contributed by atoms with E-state index in [4.69, 9.17) is 0 Å². The van der Waals surface area contributed by atoms with Gasteiger partial charge in [-0.25, -0.2) is 0 Å². The molecule has 0 aromatic carbocycles. The second kappa shape index (κ2) is 8.55. The number of hydrogen-bond donors (Lipinski definition) is 0. The SMILES string of the molecule is CC#CC(=O)N(C)CCC1CCN(C2CCN(C)CC2)CC1. The maximum absolute atomic E-state index is 11.6. The monoisotopic (exact) mass is 305 g/mol. The number of piperidine rings is 2. The van der Waals surface area contributed by atoms with Crippen molar-refractivity contribution in [1.82, 2.24) is 14.7 Å². The predicted octanol–water partition coefficient (Wildman–Crippen LogP) is 1.66. The van der Waals surface area contributed by atoms with Crippen molar-refractivity contribution in [2.24, 2.45) is 5.92 Å². The molecule has 2 aliphatic heterocycles. The molecule has 4 heteroatoms. The number of nitrogens with zero attached hydrogens (tertiary/aromatic N) is 3. The summed E-state index contributed by atoms with van der Waals surface area (Å²) in [6.07, 6.45) is 6.35. The second-order valence-corrected chi connectivity index (χ2v) is 6.90. The highest BCUT2D eigenvalue weighted by Crippen LogP contribution is 2.25. The van der Waals surface area contributed by atoms with Crippen molar-refractivity contribution in [3.63, 3.8) is 0 Å². The molecule has 2 aliphatic rings. The third-order valence-electron chi connectivity index (χ3n) is 5.30. The molecule has 0 N–H and O–H groups in total. The lowest BCUT2D eigenvalue weighted by Gasteiger charge is -2.41. The fourth-order valence-electron chi connectivity index (χ4n) is 3.65. The zero-order valence-corrected chi connectivity index (χ0v) is 14.5. The van der Waals surface area contributed by atoms with Gasteiger partial charge in [-0.15, -0.1) is 0 Å². The zero-order chi connectivity index (χ0) is 15.9. The van der Waals surface area contributed by atoms with Crippen molar-refractivity contribution in [2.75, 3.05) is 46.8 Å². The number of hydrogen-bond acceptors (Lipinski definition) is 3. The molecule has 124 valence electrons. The molecule has 2 heterocycles. The minimum Gasteiger partial charge on any atom is -0.335 e. The van der Waals surface area contributed by atoms with E-state index in [9.17, 15) is 4.79 Å². The summed E-state index contributed by atoms with van der Waals surface area (Å²) in [5.74, 6) is 6.01. The summed E-state index contributed by atoms with van der Waals surface area (Å²) in [5, 5.41) is 0. The van der Waals surface area contributed by atoms with Crippen LogP contribution < -0.4 is 0 Å². The number of carbonyl (C=O) groups is 1. The van der Waals surface area contributed by atoms with Crippen molar-refractivity contribution in [1.29, 1.82) is 0 Å². The van der Waals surface area contributed by atoms with Gasteiger partial charge in [-0.1, -0.05) is 5.92 Å². The summed E-state index contributed by atoms with van der Waals surface area (Å²) < 4.78 is 0. The minimum absolute atomic E-state index is 0.0498. The maximum Gasteiger partial charge on any atom is 0.298 e. The lowest BCUT2D eigenvalue weighted by atomic mass is 9.91. The number of likely N-dealkylation sites (tertiary alicyclic amines) is 2. The normalized spacial score (nSPS) is 22.1. The Kier molecular flexibility index (Phi) is 6.72. The van der Waals surface area contributed by atoms with Gasteiger partial charge in [-0.2, -0.15) is 0 Å². The molecule has 0 aromatic heterocycles. The van der Waals surface area contributed by atoms with E-state index in [1.165, 1.54) is 51.9 Å². The van der Waals surface area contributed by atoms with Crippen molar-refractivity contribution < 1.29 is 4.79 Å². The Hall–Kier alpha value is -1.05. The Morgan fingerprint density at radius 2 is 1.77 bits per heavy atom. The first-order chi connectivity index (χ1) is 10.6. The van der Waals surface area contributed by atoms with Crippen LogP contribution in [0.5, 0.6) is 0 Å². The van der Waals surface area contributed by atoms with Crippen LogP contribution in [-0.2, 0) is 4.79 Å². The molecule has 4 nitrogen and oxygen atoms in total. The van der Waals surface area contributed by atoms with Gasteiger partial charge < -0.3 is 14.7 Å². The van der Waals surface area contributed by atoms with Crippen LogP contribution in [0.4, 0.5) is 0 Å². The van der Waals surface area contributed by atoms with Gasteiger partial charge >= 0.3 is 0 Å². The summed E-state index contributed by atoms with van der Waals surface area (Å²) in [4.78, 5) is 18.6. The van der Waals surface area contributed by atoms with Crippen LogP contribution in [-0.4, -0.2) is 73.5 Å². The van der Waals surface area contributed by atoms with E-state index in [0.29, 0.717) is 0 Å². The smallest absolute Gasteiger partial charge is 0.298 e. The van der Waals surface area contributed by atoms with E-state index in [1.807, 2.05) is 7.05 Å². The lowest BCUT2D eigenvalue weighted by Crippen LogP contribution is -2.47. The van der Waals surface area contributed by atoms with Crippen molar-refractivity contribution in [3.05, 3.63) is 0 Å². The Bertz CT molecular complexity index is 410. The molecule has 0 atom stereocenters. The third-order valence-corrected chi connectivity index (χ3v) is 5.30. The molecule has 0 bridgehead atoms. The first-order valence-electron chi connectivity index (χ1n) is 8.70. The molecule has 0 aliphatic carbocycles. The molecular formula is C18H31N3O. The summed E-state index contributed by atoms with van der Waals surface area (Å²) in [6.45, 7) is 7.53. The zero-order valence-electron chi connectivity index (χ0n) is 14.5. The fraction of sp³-hybridized carbons (Fsp3) is 0.833.